The van der Waals surface area contributed by atoms with Gasteiger partial charge in [0.15, 0.2) is 0 Å². The lowest BCUT2D eigenvalue weighted by Gasteiger charge is -2.04. The van der Waals surface area contributed by atoms with Gasteiger partial charge in [0.05, 0.1) is 5.25 Å². The SMILES string of the molecule is CCC1CCC(S(=O)(=O)Cl)C1. The molecule has 1 rings (SSSR count). The first-order chi connectivity index (χ1) is 5.04. The summed E-state index contributed by atoms with van der Waals surface area (Å²) in [6.07, 6.45) is 3.61. The van der Waals surface area contributed by atoms with Gasteiger partial charge in [0.1, 0.15) is 0 Å². The third-order valence-corrected chi connectivity index (χ3v) is 4.45. The molecule has 0 saturated heterocycles. The van der Waals surface area contributed by atoms with E-state index < -0.39 is 9.05 Å². The van der Waals surface area contributed by atoms with Crippen LogP contribution in [0.15, 0.2) is 0 Å². The Morgan fingerprint density at radius 1 is 1.45 bits per heavy atom. The minimum absolute atomic E-state index is 0.269. The predicted molar refractivity (Wildman–Crippen MR) is 46.2 cm³/mol. The van der Waals surface area contributed by atoms with Crippen LogP contribution in [0.3, 0.4) is 0 Å². The Labute approximate surface area is 72.4 Å². The van der Waals surface area contributed by atoms with Crippen molar-refractivity contribution < 1.29 is 8.42 Å². The molecule has 0 aromatic heterocycles. The minimum Gasteiger partial charge on any atom is -0.212 e. The maximum atomic E-state index is 10.9. The van der Waals surface area contributed by atoms with Gasteiger partial charge >= 0.3 is 0 Å². The Hall–Kier alpha value is 0.240. The lowest BCUT2D eigenvalue weighted by atomic mass is 10.1. The van der Waals surface area contributed by atoms with Crippen LogP contribution in [0.2, 0.25) is 0 Å². The molecule has 0 bridgehead atoms. The fourth-order valence-corrected chi connectivity index (χ4v) is 3.06. The molecule has 0 radical (unpaired) electrons. The van der Waals surface area contributed by atoms with E-state index in [1.165, 1.54) is 0 Å². The van der Waals surface area contributed by atoms with Crippen LogP contribution in [-0.4, -0.2) is 13.7 Å². The molecule has 2 unspecified atom stereocenters. The van der Waals surface area contributed by atoms with E-state index in [1.54, 1.807) is 0 Å². The molecule has 2 nitrogen and oxygen atoms in total. The van der Waals surface area contributed by atoms with Crippen molar-refractivity contribution in [2.75, 3.05) is 0 Å². The highest BCUT2D eigenvalue weighted by molar-refractivity contribution is 8.14. The summed E-state index contributed by atoms with van der Waals surface area (Å²) in [5.74, 6) is 0.577. The summed E-state index contributed by atoms with van der Waals surface area (Å²) in [4.78, 5) is 0. The summed E-state index contributed by atoms with van der Waals surface area (Å²) < 4.78 is 21.7. The Kier molecular flexibility index (Phi) is 2.81. The summed E-state index contributed by atoms with van der Waals surface area (Å²) in [5.41, 5.74) is 0. The second kappa shape index (κ2) is 3.31. The number of halogens is 1. The van der Waals surface area contributed by atoms with E-state index in [0.717, 1.165) is 25.7 Å². The van der Waals surface area contributed by atoms with Crippen molar-refractivity contribution in [3.63, 3.8) is 0 Å². The van der Waals surface area contributed by atoms with Gasteiger partial charge in [-0.15, -0.1) is 0 Å². The van der Waals surface area contributed by atoms with E-state index in [0.29, 0.717) is 5.92 Å². The first-order valence-corrected chi connectivity index (χ1v) is 6.34. The molecule has 4 heteroatoms. The molecular formula is C7H13ClO2S. The number of rotatable bonds is 2. The zero-order valence-electron chi connectivity index (χ0n) is 6.59. The maximum Gasteiger partial charge on any atom is 0.235 e. The summed E-state index contributed by atoms with van der Waals surface area (Å²) in [6.45, 7) is 2.09. The molecule has 0 spiro atoms. The van der Waals surface area contributed by atoms with E-state index in [1.807, 2.05) is 0 Å². The summed E-state index contributed by atoms with van der Waals surface area (Å²) in [5, 5.41) is -0.269. The Morgan fingerprint density at radius 2 is 2.09 bits per heavy atom. The molecule has 1 aliphatic carbocycles. The van der Waals surface area contributed by atoms with Crippen LogP contribution in [0.5, 0.6) is 0 Å². The van der Waals surface area contributed by atoms with Gasteiger partial charge in [0, 0.05) is 10.7 Å². The van der Waals surface area contributed by atoms with Crippen LogP contribution >= 0.6 is 10.7 Å². The average Bonchev–Trinajstić information content (AvgIpc) is 2.32. The number of hydrogen-bond acceptors (Lipinski definition) is 2. The van der Waals surface area contributed by atoms with E-state index >= 15 is 0 Å². The van der Waals surface area contributed by atoms with Gasteiger partial charge in [0.2, 0.25) is 9.05 Å². The molecule has 11 heavy (non-hydrogen) atoms. The molecule has 0 heterocycles. The van der Waals surface area contributed by atoms with Crippen LogP contribution in [0.4, 0.5) is 0 Å². The van der Waals surface area contributed by atoms with Crippen LogP contribution in [0.1, 0.15) is 32.6 Å². The van der Waals surface area contributed by atoms with Crippen molar-refractivity contribution in [1.29, 1.82) is 0 Å². The third-order valence-electron chi connectivity index (χ3n) is 2.47. The van der Waals surface area contributed by atoms with Crippen LogP contribution in [0.25, 0.3) is 0 Å². The summed E-state index contributed by atoms with van der Waals surface area (Å²) in [7, 11) is 1.96. The minimum atomic E-state index is -3.27. The van der Waals surface area contributed by atoms with Gasteiger partial charge in [-0.1, -0.05) is 13.3 Å². The zero-order chi connectivity index (χ0) is 8.48. The van der Waals surface area contributed by atoms with Gasteiger partial charge in [-0.05, 0) is 25.2 Å². The quantitative estimate of drug-likeness (QED) is 0.635. The second-order valence-electron chi connectivity index (χ2n) is 3.18. The third kappa shape index (κ3) is 2.34. The Balaban J connectivity index is 2.55. The molecule has 0 aromatic carbocycles. The Morgan fingerprint density at radius 3 is 2.36 bits per heavy atom. The maximum absolute atomic E-state index is 10.9. The molecular weight excluding hydrogens is 184 g/mol. The molecule has 66 valence electrons. The fourth-order valence-electron chi connectivity index (χ4n) is 1.66. The lowest BCUT2D eigenvalue weighted by Crippen LogP contribution is -2.11. The standard InChI is InChI=1S/C7H13ClO2S/c1-2-6-3-4-7(5-6)11(8,9)10/h6-7H,2-5H2,1H3. The van der Waals surface area contributed by atoms with Gasteiger partial charge in [-0.3, -0.25) is 0 Å². The highest BCUT2D eigenvalue weighted by atomic mass is 35.7. The number of hydrogen-bond donors (Lipinski definition) is 0. The van der Waals surface area contributed by atoms with Crippen molar-refractivity contribution in [3.8, 4) is 0 Å². The largest absolute Gasteiger partial charge is 0.235 e. The monoisotopic (exact) mass is 196 g/mol. The molecule has 0 N–H and O–H groups in total. The zero-order valence-corrected chi connectivity index (χ0v) is 8.16. The van der Waals surface area contributed by atoms with Crippen LogP contribution in [-0.2, 0) is 9.05 Å². The molecule has 1 fully saturated rings. The van der Waals surface area contributed by atoms with E-state index in [4.69, 9.17) is 10.7 Å². The van der Waals surface area contributed by atoms with Crippen LogP contribution < -0.4 is 0 Å². The van der Waals surface area contributed by atoms with Gasteiger partial charge < -0.3 is 0 Å². The van der Waals surface area contributed by atoms with Gasteiger partial charge in [-0.2, -0.15) is 0 Å². The van der Waals surface area contributed by atoms with Crippen molar-refractivity contribution in [3.05, 3.63) is 0 Å². The molecule has 0 aliphatic heterocycles. The van der Waals surface area contributed by atoms with Gasteiger partial charge in [0.25, 0.3) is 0 Å². The summed E-state index contributed by atoms with van der Waals surface area (Å²) >= 11 is 0. The average molecular weight is 197 g/mol. The lowest BCUT2D eigenvalue weighted by molar-refractivity contribution is 0.527. The first kappa shape index (κ1) is 9.33. The van der Waals surface area contributed by atoms with Crippen molar-refractivity contribution in [1.82, 2.24) is 0 Å². The smallest absolute Gasteiger partial charge is 0.212 e. The van der Waals surface area contributed by atoms with E-state index in [9.17, 15) is 8.42 Å². The van der Waals surface area contributed by atoms with Gasteiger partial charge in [-0.25, -0.2) is 8.42 Å². The van der Waals surface area contributed by atoms with Crippen molar-refractivity contribution >= 4 is 19.7 Å². The second-order valence-corrected chi connectivity index (χ2v) is 6.09. The van der Waals surface area contributed by atoms with Crippen molar-refractivity contribution in [2.24, 2.45) is 5.92 Å². The summed E-state index contributed by atoms with van der Waals surface area (Å²) in [6, 6.07) is 0. The topological polar surface area (TPSA) is 34.1 Å². The van der Waals surface area contributed by atoms with Crippen molar-refractivity contribution in [2.45, 2.75) is 37.9 Å². The van der Waals surface area contributed by atoms with Crippen LogP contribution in [0, 0.1) is 5.92 Å². The molecule has 0 amide bonds. The first-order valence-electron chi connectivity index (χ1n) is 3.97. The fraction of sp³-hybridized carbons (Fsp3) is 1.00. The molecule has 1 aliphatic rings. The molecule has 2 atom stereocenters. The molecule has 0 aromatic rings. The van der Waals surface area contributed by atoms with E-state index in [2.05, 4.69) is 6.92 Å². The predicted octanol–water partition coefficient (Wildman–Crippen LogP) is 2.13. The van der Waals surface area contributed by atoms with E-state index in [-0.39, 0.29) is 5.25 Å². The molecule has 1 saturated carbocycles. The highest BCUT2D eigenvalue weighted by Crippen LogP contribution is 2.33. The highest BCUT2D eigenvalue weighted by Gasteiger charge is 2.31. The Bertz CT molecular complexity index is 223. The normalized spacial score (nSPS) is 32.5.